The van der Waals surface area contributed by atoms with Gasteiger partial charge in [0, 0.05) is 45.0 Å². The van der Waals surface area contributed by atoms with Gasteiger partial charge in [-0.15, -0.1) is 0 Å². The van der Waals surface area contributed by atoms with E-state index in [9.17, 15) is 17.6 Å². The fourth-order valence-corrected chi connectivity index (χ4v) is 4.05. The van der Waals surface area contributed by atoms with Gasteiger partial charge in [0.1, 0.15) is 5.82 Å². The number of H-pyrrole nitrogens is 1. The van der Waals surface area contributed by atoms with Crippen molar-refractivity contribution in [2.45, 2.75) is 23.7 Å². The average Bonchev–Trinajstić information content (AvgIpc) is 3.16. The van der Waals surface area contributed by atoms with Crippen molar-refractivity contribution in [3.05, 3.63) is 47.5 Å². The highest BCUT2D eigenvalue weighted by atomic mass is 32.2. The Balaban J connectivity index is 1.87. The largest absolute Gasteiger partial charge is 0.338 e. The summed E-state index contributed by atoms with van der Waals surface area (Å²) < 4.78 is 39.8. The first-order valence-corrected chi connectivity index (χ1v) is 9.75. The SMILES string of the molecule is CN(C)S(=O)(=O)c1ccc(F)c(C(=O)N2CCCC(c3ccn[nH]3)C2)c1. The van der Waals surface area contributed by atoms with Gasteiger partial charge in [0.25, 0.3) is 5.91 Å². The van der Waals surface area contributed by atoms with Gasteiger partial charge in [0.15, 0.2) is 0 Å². The molecule has 0 radical (unpaired) electrons. The van der Waals surface area contributed by atoms with Crippen LogP contribution in [0.4, 0.5) is 4.39 Å². The Kier molecular flexibility index (Phi) is 5.10. The number of likely N-dealkylation sites (tertiary alicyclic amines) is 1. The number of nitrogens with one attached hydrogen (secondary N) is 1. The second-order valence-electron chi connectivity index (χ2n) is 6.53. The number of benzene rings is 1. The van der Waals surface area contributed by atoms with Crippen molar-refractivity contribution in [2.24, 2.45) is 0 Å². The molecule has 9 heteroatoms. The van der Waals surface area contributed by atoms with Gasteiger partial charge in [-0.1, -0.05) is 0 Å². The fraction of sp³-hybridized carbons (Fsp3) is 0.412. The third-order valence-corrected chi connectivity index (χ3v) is 6.43. The molecule has 0 spiro atoms. The molecule has 1 unspecified atom stereocenters. The van der Waals surface area contributed by atoms with Gasteiger partial charge in [-0.3, -0.25) is 9.89 Å². The summed E-state index contributed by atoms with van der Waals surface area (Å²) in [4.78, 5) is 14.3. The summed E-state index contributed by atoms with van der Waals surface area (Å²) in [6.07, 6.45) is 3.35. The number of carbonyl (C=O) groups is 1. The molecule has 7 nitrogen and oxygen atoms in total. The van der Waals surface area contributed by atoms with Crippen LogP contribution in [0.1, 0.15) is 34.8 Å². The maximum absolute atomic E-state index is 14.3. The molecule has 140 valence electrons. The van der Waals surface area contributed by atoms with Crippen molar-refractivity contribution < 1.29 is 17.6 Å². The number of amides is 1. The number of nitrogens with zero attached hydrogens (tertiary/aromatic N) is 3. The van der Waals surface area contributed by atoms with Crippen LogP contribution in [0, 0.1) is 5.82 Å². The molecule has 1 N–H and O–H groups in total. The van der Waals surface area contributed by atoms with Crippen molar-refractivity contribution in [3.63, 3.8) is 0 Å². The minimum Gasteiger partial charge on any atom is -0.338 e. The molecule has 1 aromatic heterocycles. The second-order valence-corrected chi connectivity index (χ2v) is 8.68. The van der Waals surface area contributed by atoms with Crippen LogP contribution in [0.2, 0.25) is 0 Å². The molecule has 0 bridgehead atoms. The molecule has 0 aliphatic carbocycles. The highest BCUT2D eigenvalue weighted by Crippen LogP contribution is 2.27. The van der Waals surface area contributed by atoms with Crippen LogP contribution >= 0.6 is 0 Å². The molecule has 3 rings (SSSR count). The Morgan fingerprint density at radius 3 is 2.77 bits per heavy atom. The molecular weight excluding hydrogens is 359 g/mol. The third kappa shape index (κ3) is 3.49. The van der Waals surface area contributed by atoms with Gasteiger partial charge in [0.05, 0.1) is 10.5 Å². The van der Waals surface area contributed by atoms with Gasteiger partial charge >= 0.3 is 0 Å². The molecule has 1 saturated heterocycles. The van der Waals surface area contributed by atoms with Crippen LogP contribution < -0.4 is 0 Å². The molecular formula is C17H21FN4O3S. The highest BCUT2D eigenvalue weighted by Gasteiger charge is 2.29. The zero-order valence-corrected chi connectivity index (χ0v) is 15.5. The van der Waals surface area contributed by atoms with E-state index in [1.807, 2.05) is 6.07 Å². The molecule has 26 heavy (non-hydrogen) atoms. The number of aromatic amines is 1. The summed E-state index contributed by atoms with van der Waals surface area (Å²) >= 11 is 0. The normalized spacial score (nSPS) is 18.3. The monoisotopic (exact) mass is 380 g/mol. The highest BCUT2D eigenvalue weighted by molar-refractivity contribution is 7.89. The zero-order valence-electron chi connectivity index (χ0n) is 14.6. The Morgan fingerprint density at radius 2 is 2.12 bits per heavy atom. The lowest BCUT2D eigenvalue weighted by Crippen LogP contribution is -2.39. The minimum atomic E-state index is -3.74. The van der Waals surface area contributed by atoms with Gasteiger partial charge in [0.2, 0.25) is 10.0 Å². The molecule has 1 amide bonds. The Labute approximate surface area is 151 Å². The zero-order chi connectivity index (χ0) is 18.9. The standard InChI is InChI=1S/C17H21FN4O3S/c1-21(2)26(24,25)13-5-6-15(18)14(10-13)17(23)22-9-3-4-12(11-22)16-7-8-19-20-16/h5-8,10,12H,3-4,9,11H2,1-2H3,(H,19,20). The molecule has 1 atom stereocenters. The van der Waals surface area contributed by atoms with Crippen molar-refractivity contribution in [3.8, 4) is 0 Å². The van der Waals surface area contributed by atoms with E-state index >= 15 is 0 Å². The quantitative estimate of drug-likeness (QED) is 0.877. The summed E-state index contributed by atoms with van der Waals surface area (Å²) in [5.74, 6) is -1.12. The predicted octanol–water partition coefficient (Wildman–Crippen LogP) is 1.82. The first-order valence-electron chi connectivity index (χ1n) is 8.31. The van der Waals surface area contributed by atoms with Crippen LogP contribution in [0.5, 0.6) is 0 Å². The summed E-state index contributed by atoms with van der Waals surface area (Å²) in [6, 6.07) is 5.18. The van der Waals surface area contributed by atoms with Crippen molar-refractivity contribution >= 4 is 15.9 Å². The predicted molar refractivity (Wildman–Crippen MR) is 93.7 cm³/mol. The number of aromatic nitrogens is 2. The van der Waals surface area contributed by atoms with Crippen LogP contribution in [0.15, 0.2) is 35.4 Å². The first-order chi connectivity index (χ1) is 12.3. The Bertz CT molecular complexity index is 897. The number of halogens is 1. The Hall–Kier alpha value is -2.26. The number of hydrogen-bond acceptors (Lipinski definition) is 4. The summed E-state index contributed by atoms with van der Waals surface area (Å²) in [7, 11) is -0.967. The molecule has 2 heterocycles. The van der Waals surface area contributed by atoms with E-state index in [1.165, 1.54) is 20.2 Å². The van der Waals surface area contributed by atoms with Gasteiger partial charge in [-0.25, -0.2) is 17.1 Å². The van der Waals surface area contributed by atoms with E-state index in [1.54, 1.807) is 11.1 Å². The van der Waals surface area contributed by atoms with Gasteiger partial charge in [-0.2, -0.15) is 5.10 Å². The van der Waals surface area contributed by atoms with Crippen LogP contribution in [-0.4, -0.2) is 60.9 Å². The lowest BCUT2D eigenvalue weighted by atomic mass is 9.94. The summed E-state index contributed by atoms with van der Waals surface area (Å²) in [6.45, 7) is 0.943. The third-order valence-electron chi connectivity index (χ3n) is 4.62. The minimum absolute atomic E-state index is 0.102. The number of rotatable bonds is 4. The van der Waals surface area contributed by atoms with E-state index in [0.29, 0.717) is 13.1 Å². The van der Waals surface area contributed by atoms with Crippen LogP contribution in [-0.2, 0) is 10.0 Å². The van der Waals surface area contributed by atoms with E-state index < -0.39 is 21.7 Å². The number of piperidine rings is 1. The Morgan fingerprint density at radius 1 is 1.35 bits per heavy atom. The topological polar surface area (TPSA) is 86.4 Å². The van der Waals surface area contributed by atoms with E-state index in [0.717, 1.165) is 35.0 Å². The maximum atomic E-state index is 14.3. The summed E-state index contributed by atoms with van der Waals surface area (Å²) in [5.41, 5.74) is 0.713. The lowest BCUT2D eigenvalue weighted by molar-refractivity contribution is 0.0701. The fourth-order valence-electron chi connectivity index (χ4n) is 3.12. The van der Waals surface area contributed by atoms with E-state index in [-0.39, 0.29) is 16.4 Å². The number of sulfonamides is 1. The number of hydrogen-bond donors (Lipinski definition) is 1. The first kappa shape index (κ1) is 18.5. The maximum Gasteiger partial charge on any atom is 0.256 e. The van der Waals surface area contributed by atoms with Gasteiger partial charge < -0.3 is 4.90 Å². The van der Waals surface area contributed by atoms with Crippen LogP contribution in [0.25, 0.3) is 0 Å². The second kappa shape index (κ2) is 7.16. The van der Waals surface area contributed by atoms with Crippen molar-refractivity contribution in [1.29, 1.82) is 0 Å². The average molecular weight is 380 g/mol. The van der Waals surface area contributed by atoms with Crippen LogP contribution in [0.3, 0.4) is 0 Å². The van der Waals surface area contributed by atoms with Crippen molar-refractivity contribution in [2.75, 3.05) is 27.2 Å². The molecule has 2 aromatic rings. The molecule has 1 fully saturated rings. The lowest BCUT2D eigenvalue weighted by Gasteiger charge is -2.32. The summed E-state index contributed by atoms with van der Waals surface area (Å²) in [5, 5.41) is 6.85. The van der Waals surface area contributed by atoms with Gasteiger partial charge in [-0.05, 0) is 37.1 Å². The van der Waals surface area contributed by atoms with Crippen molar-refractivity contribution in [1.82, 2.24) is 19.4 Å². The number of carbonyl (C=O) groups excluding carboxylic acids is 1. The van der Waals surface area contributed by atoms with E-state index in [2.05, 4.69) is 10.2 Å². The molecule has 1 aliphatic heterocycles. The smallest absolute Gasteiger partial charge is 0.256 e. The van der Waals surface area contributed by atoms with E-state index in [4.69, 9.17) is 0 Å². The molecule has 0 saturated carbocycles. The molecule has 1 aromatic carbocycles. The molecule has 1 aliphatic rings.